The number of halogens is 1. The van der Waals surface area contributed by atoms with Crippen molar-refractivity contribution in [3.8, 4) is 11.3 Å². The lowest BCUT2D eigenvalue weighted by Crippen LogP contribution is -2.02. The number of rotatable bonds is 2. The molecule has 17 heavy (non-hydrogen) atoms. The van der Waals surface area contributed by atoms with Gasteiger partial charge in [-0.2, -0.15) is 5.10 Å². The van der Waals surface area contributed by atoms with E-state index in [4.69, 9.17) is 11.6 Å². The Morgan fingerprint density at radius 3 is 2.88 bits per heavy atom. The molecule has 88 valence electrons. The minimum absolute atomic E-state index is 0.302. The highest BCUT2D eigenvalue weighted by Gasteiger charge is 2.13. The number of aromatic nitrogens is 3. The highest BCUT2D eigenvalue weighted by molar-refractivity contribution is 6.32. The molecule has 0 aliphatic heterocycles. The third-order valence-corrected chi connectivity index (χ3v) is 2.55. The number of aryl methyl sites for hydroxylation is 1. The highest BCUT2D eigenvalue weighted by atomic mass is 35.5. The zero-order valence-electron chi connectivity index (χ0n) is 9.35. The van der Waals surface area contributed by atoms with Gasteiger partial charge >= 0.3 is 5.97 Å². The predicted molar refractivity (Wildman–Crippen MR) is 62.8 cm³/mol. The molecule has 0 aliphatic rings. The summed E-state index contributed by atoms with van der Waals surface area (Å²) < 4.78 is 6.27. The molecular weight excluding hydrogens is 242 g/mol. The fourth-order valence-electron chi connectivity index (χ4n) is 1.42. The topological polar surface area (TPSA) is 57.0 Å². The first-order valence-electron chi connectivity index (χ1n) is 4.85. The van der Waals surface area contributed by atoms with Crippen LogP contribution in [0.5, 0.6) is 0 Å². The van der Waals surface area contributed by atoms with Crippen LogP contribution in [-0.4, -0.2) is 27.8 Å². The minimum Gasteiger partial charge on any atom is -0.465 e. The van der Waals surface area contributed by atoms with Crippen molar-refractivity contribution in [2.24, 2.45) is 7.05 Å². The highest BCUT2D eigenvalue weighted by Crippen LogP contribution is 2.25. The SMILES string of the molecule is COC(=O)c1cnc(Cl)c(-c2ccn(C)n2)c1. The lowest BCUT2D eigenvalue weighted by Gasteiger charge is -2.03. The maximum absolute atomic E-state index is 11.4. The Morgan fingerprint density at radius 2 is 2.29 bits per heavy atom. The number of methoxy groups -OCH3 is 1. The summed E-state index contributed by atoms with van der Waals surface area (Å²) in [4.78, 5) is 15.3. The average molecular weight is 252 g/mol. The summed E-state index contributed by atoms with van der Waals surface area (Å²) in [5.41, 5.74) is 1.61. The molecule has 0 fully saturated rings. The van der Waals surface area contributed by atoms with Gasteiger partial charge in [0.1, 0.15) is 5.15 Å². The van der Waals surface area contributed by atoms with Gasteiger partial charge in [-0.3, -0.25) is 4.68 Å². The van der Waals surface area contributed by atoms with Crippen LogP contribution >= 0.6 is 11.6 Å². The molecule has 2 aromatic heterocycles. The van der Waals surface area contributed by atoms with E-state index in [1.807, 2.05) is 0 Å². The van der Waals surface area contributed by atoms with Crippen molar-refractivity contribution >= 4 is 17.6 Å². The molecule has 0 atom stereocenters. The van der Waals surface area contributed by atoms with Gasteiger partial charge in [0.05, 0.1) is 18.4 Å². The maximum Gasteiger partial charge on any atom is 0.339 e. The first-order chi connectivity index (χ1) is 8.11. The summed E-state index contributed by atoms with van der Waals surface area (Å²) >= 11 is 5.98. The van der Waals surface area contributed by atoms with Crippen LogP contribution in [0.4, 0.5) is 0 Å². The van der Waals surface area contributed by atoms with Crippen molar-refractivity contribution < 1.29 is 9.53 Å². The molecule has 0 aliphatic carbocycles. The second kappa shape index (κ2) is 4.55. The summed E-state index contributed by atoms with van der Waals surface area (Å²) in [7, 11) is 3.12. The summed E-state index contributed by atoms with van der Waals surface area (Å²) in [6.07, 6.45) is 3.16. The lowest BCUT2D eigenvalue weighted by atomic mass is 10.1. The Morgan fingerprint density at radius 1 is 1.53 bits per heavy atom. The van der Waals surface area contributed by atoms with Crippen LogP contribution in [0.3, 0.4) is 0 Å². The monoisotopic (exact) mass is 251 g/mol. The van der Waals surface area contributed by atoms with E-state index in [1.54, 1.807) is 30.1 Å². The van der Waals surface area contributed by atoms with Crippen LogP contribution in [0.1, 0.15) is 10.4 Å². The zero-order valence-corrected chi connectivity index (χ0v) is 10.1. The third-order valence-electron chi connectivity index (χ3n) is 2.25. The van der Waals surface area contributed by atoms with Gasteiger partial charge in [-0.15, -0.1) is 0 Å². The van der Waals surface area contributed by atoms with Gasteiger partial charge in [-0.25, -0.2) is 9.78 Å². The largest absolute Gasteiger partial charge is 0.465 e. The lowest BCUT2D eigenvalue weighted by molar-refractivity contribution is 0.0600. The van der Waals surface area contributed by atoms with Crippen LogP contribution in [-0.2, 0) is 11.8 Å². The van der Waals surface area contributed by atoms with Crippen LogP contribution in [0.2, 0.25) is 5.15 Å². The first kappa shape index (κ1) is 11.6. The van der Waals surface area contributed by atoms with E-state index in [0.29, 0.717) is 22.0 Å². The van der Waals surface area contributed by atoms with E-state index in [2.05, 4.69) is 14.8 Å². The number of hydrogen-bond donors (Lipinski definition) is 0. The van der Waals surface area contributed by atoms with Crippen LogP contribution in [0, 0.1) is 0 Å². The van der Waals surface area contributed by atoms with Gasteiger partial charge in [0.15, 0.2) is 0 Å². The molecule has 2 heterocycles. The summed E-state index contributed by atoms with van der Waals surface area (Å²) in [5, 5.41) is 4.51. The zero-order chi connectivity index (χ0) is 12.4. The Hall–Kier alpha value is -1.88. The van der Waals surface area contributed by atoms with Crippen LogP contribution in [0.25, 0.3) is 11.3 Å². The number of hydrogen-bond acceptors (Lipinski definition) is 4. The van der Waals surface area contributed by atoms with E-state index < -0.39 is 5.97 Å². The molecule has 0 spiro atoms. The molecule has 0 bridgehead atoms. The van der Waals surface area contributed by atoms with Gasteiger partial charge in [-0.1, -0.05) is 11.6 Å². The molecule has 2 rings (SSSR count). The molecular formula is C11H10ClN3O2. The Labute approximate surface area is 103 Å². The second-order valence-electron chi connectivity index (χ2n) is 3.43. The van der Waals surface area contributed by atoms with Gasteiger partial charge in [-0.05, 0) is 12.1 Å². The molecule has 2 aromatic rings. The summed E-state index contributed by atoms with van der Waals surface area (Å²) in [6, 6.07) is 3.41. The quantitative estimate of drug-likeness (QED) is 0.604. The molecule has 0 unspecified atom stereocenters. The second-order valence-corrected chi connectivity index (χ2v) is 3.79. The number of nitrogens with zero attached hydrogens (tertiary/aromatic N) is 3. The summed E-state index contributed by atoms with van der Waals surface area (Å²) in [6.45, 7) is 0. The van der Waals surface area contributed by atoms with Crippen molar-refractivity contribution in [3.05, 3.63) is 35.2 Å². The predicted octanol–water partition coefficient (Wildman–Crippen LogP) is 1.92. The van der Waals surface area contributed by atoms with Gasteiger partial charge in [0.2, 0.25) is 0 Å². The van der Waals surface area contributed by atoms with Crippen molar-refractivity contribution in [2.45, 2.75) is 0 Å². The first-order valence-corrected chi connectivity index (χ1v) is 5.23. The van der Waals surface area contributed by atoms with E-state index in [9.17, 15) is 4.79 Å². The fraction of sp³-hybridized carbons (Fsp3) is 0.182. The molecule has 0 amide bonds. The van der Waals surface area contributed by atoms with Crippen molar-refractivity contribution in [1.82, 2.24) is 14.8 Å². The van der Waals surface area contributed by atoms with E-state index in [0.717, 1.165) is 0 Å². The molecule has 0 N–H and O–H groups in total. The standard InChI is InChI=1S/C11H10ClN3O2/c1-15-4-3-9(14-15)8-5-7(11(16)17-2)6-13-10(8)12/h3-6H,1-2H3. The molecule has 5 nitrogen and oxygen atoms in total. The molecule has 0 aromatic carbocycles. The Bertz CT molecular complexity index is 566. The van der Waals surface area contributed by atoms with Crippen molar-refractivity contribution in [1.29, 1.82) is 0 Å². The number of ether oxygens (including phenoxy) is 1. The smallest absolute Gasteiger partial charge is 0.339 e. The van der Waals surface area contributed by atoms with Crippen LogP contribution < -0.4 is 0 Å². The molecule has 0 saturated heterocycles. The average Bonchev–Trinajstić information content (AvgIpc) is 2.75. The number of carbonyl (C=O) groups is 1. The fourth-order valence-corrected chi connectivity index (χ4v) is 1.62. The van der Waals surface area contributed by atoms with Gasteiger partial charge in [0.25, 0.3) is 0 Å². The van der Waals surface area contributed by atoms with E-state index >= 15 is 0 Å². The van der Waals surface area contributed by atoms with Gasteiger partial charge in [0, 0.05) is 25.0 Å². The molecule has 6 heteroatoms. The maximum atomic E-state index is 11.4. The van der Waals surface area contributed by atoms with E-state index in [1.165, 1.54) is 13.3 Å². The number of esters is 1. The normalized spacial score (nSPS) is 10.3. The third kappa shape index (κ3) is 2.29. The molecule has 0 saturated carbocycles. The summed E-state index contributed by atoms with van der Waals surface area (Å²) in [5.74, 6) is -0.452. The number of pyridine rings is 1. The van der Waals surface area contributed by atoms with Gasteiger partial charge < -0.3 is 4.74 Å². The van der Waals surface area contributed by atoms with Crippen molar-refractivity contribution in [2.75, 3.05) is 7.11 Å². The van der Waals surface area contributed by atoms with Crippen molar-refractivity contribution in [3.63, 3.8) is 0 Å². The number of carbonyl (C=O) groups excluding carboxylic acids is 1. The molecule has 0 radical (unpaired) electrons. The van der Waals surface area contributed by atoms with E-state index in [-0.39, 0.29) is 0 Å². The Kier molecular flexibility index (Phi) is 3.10. The Balaban J connectivity index is 2.49. The minimum atomic E-state index is -0.452. The van der Waals surface area contributed by atoms with Crippen LogP contribution in [0.15, 0.2) is 24.5 Å².